The Balaban J connectivity index is 1.63. The average Bonchev–Trinajstić information content (AvgIpc) is 2.84. The Bertz CT molecular complexity index is 908. The summed E-state index contributed by atoms with van der Waals surface area (Å²) in [5.74, 6) is 3.25. The maximum Gasteiger partial charge on any atom is 0.255 e. The van der Waals surface area contributed by atoms with E-state index in [1.807, 2.05) is 0 Å². The van der Waals surface area contributed by atoms with Crippen molar-refractivity contribution in [2.45, 2.75) is 0 Å². The zero-order valence-corrected chi connectivity index (χ0v) is 18.5. The van der Waals surface area contributed by atoms with Gasteiger partial charge in [0.05, 0.1) is 52.9 Å². The lowest BCUT2D eigenvalue weighted by molar-refractivity contribution is -0.00841. The highest BCUT2D eigenvalue weighted by Crippen LogP contribution is 2.29. The Morgan fingerprint density at radius 3 is 1.76 bits per heavy atom. The van der Waals surface area contributed by atoms with Gasteiger partial charge in [0.1, 0.15) is 13.2 Å². The summed E-state index contributed by atoms with van der Waals surface area (Å²) in [5.41, 5.74) is 1.82. The molecule has 33 heavy (non-hydrogen) atoms. The third-order valence-electron chi connectivity index (χ3n) is 4.60. The molecular weight excluding hydrogens is 426 g/mol. The molecule has 0 aliphatic carbocycles. The van der Waals surface area contributed by atoms with Crippen LogP contribution in [0.4, 0.5) is 5.69 Å². The number of terminal acetylenes is 1. The van der Waals surface area contributed by atoms with Gasteiger partial charge >= 0.3 is 0 Å². The van der Waals surface area contributed by atoms with Crippen LogP contribution >= 0.6 is 0 Å². The Hall–Kier alpha value is -3.09. The van der Waals surface area contributed by atoms with E-state index >= 15 is 0 Å². The van der Waals surface area contributed by atoms with E-state index in [0.29, 0.717) is 88.8 Å². The molecule has 0 bridgehead atoms. The molecule has 2 aromatic rings. The van der Waals surface area contributed by atoms with Crippen LogP contribution in [-0.2, 0) is 18.9 Å². The fourth-order valence-electron chi connectivity index (χ4n) is 2.92. The highest BCUT2D eigenvalue weighted by molar-refractivity contribution is 6.04. The molecule has 0 fully saturated rings. The van der Waals surface area contributed by atoms with Gasteiger partial charge in [0.2, 0.25) is 0 Å². The quantitative estimate of drug-likeness (QED) is 0.697. The lowest BCUT2D eigenvalue weighted by atomic mass is 10.1. The summed E-state index contributed by atoms with van der Waals surface area (Å²) in [5, 5.41) is 2.85. The number of fused-ring (bicyclic) bond motifs is 1. The van der Waals surface area contributed by atoms with E-state index in [9.17, 15) is 4.79 Å². The molecule has 0 spiro atoms. The van der Waals surface area contributed by atoms with Gasteiger partial charge in [0.15, 0.2) is 11.5 Å². The molecule has 1 amide bonds. The molecule has 3 rings (SSSR count). The van der Waals surface area contributed by atoms with Crippen molar-refractivity contribution in [3.8, 4) is 23.8 Å². The van der Waals surface area contributed by atoms with Crippen LogP contribution < -0.4 is 14.8 Å². The normalized spacial score (nSPS) is 16.6. The molecule has 0 radical (unpaired) electrons. The van der Waals surface area contributed by atoms with Crippen LogP contribution in [0.3, 0.4) is 0 Å². The van der Waals surface area contributed by atoms with Crippen molar-refractivity contribution < 1.29 is 33.2 Å². The summed E-state index contributed by atoms with van der Waals surface area (Å²) in [6.45, 7) is 4.33. The van der Waals surface area contributed by atoms with Gasteiger partial charge in [-0.15, -0.1) is 6.42 Å². The third kappa shape index (κ3) is 8.75. The van der Waals surface area contributed by atoms with Gasteiger partial charge < -0.3 is 33.7 Å². The zero-order valence-electron chi connectivity index (χ0n) is 18.5. The van der Waals surface area contributed by atoms with Crippen LogP contribution in [0.1, 0.15) is 15.9 Å². The van der Waals surface area contributed by atoms with Gasteiger partial charge in [-0.25, -0.2) is 0 Å². The number of rotatable bonds is 2. The van der Waals surface area contributed by atoms with Gasteiger partial charge in [-0.3, -0.25) is 4.79 Å². The average molecular weight is 456 g/mol. The molecule has 0 atom stereocenters. The van der Waals surface area contributed by atoms with Crippen LogP contribution in [0, 0.1) is 12.3 Å². The summed E-state index contributed by atoms with van der Waals surface area (Å²) in [7, 11) is 0. The second-order valence-electron chi connectivity index (χ2n) is 6.98. The second kappa shape index (κ2) is 14.1. The summed E-state index contributed by atoms with van der Waals surface area (Å²) >= 11 is 0. The van der Waals surface area contributed by atoms with E-state index in [4.69, 9.17) is 34.8 Å². The van der Waals surface area contributed by atoms with Crippen molar-refractivity contribution in [1.29, 1.82) is 0 Å². The Morgan fingerprint density at radius 2 is 1.21 bits per heavy atom. The SMILES string of the molecule is C#Cc1ccc(NC(=O)c2ccc3c(c2)OCCOCCOCCOCCOCCO3)cc1. The second-order valence-corrected chi connectivity index (χ2v) is 6.98. The van der Waals surface area contributed by atoms with Gasteiger partial charge in [-0.2, -0.15) is 0 Å². The predicted octanol–water partition coefficient (Wildman–Crippen LogP) is 2.76. The standard InChI is InChI=1S/C25H29NO7/c1-2-20-3-6-22(7-4-20)26-25(27)21-5-8-23-24(19-21)33-18-16-31-14-12-29-10-9-28-11-13-30-15-17-32-23/h1,3-8,19H,9-18H2,(H,26,27). The molecule has 8 nitrogen and oxygen atoms in total. The largest absolute Gasteiger partial charge is 0.487 e. The summed E-state index contributed by atoms with van der Waals surface area (Å²) in [6.07, 6.45) is 5.37. The fourth-order valence-corrected chi connectivity index (χ4v) is 2.92. The van der Waals surface area contributed by atoms with Crippen molar-refractivity contribution in [3.63, 3.8) is 0 Å². The van der Waals surface area contributed by atoms with Crippen LogP contribution in [0.2, 0.25) is 0 Å². The van der Waals surface area contributed by atoms with E-state index in [2.05, 4.69) is 11.2 Å². The zero-order chi connectivity index (χ0) is 23.1. The highest BCUT2D eigenvalue weighted by atomic mass is 16.6. The molecule has 0 unspecified atom stereocenters. The number of hydrogen-bond acceptors (Lipinski definition) is 7. The monoisotopic (exact) mass is 455 g/mol. The number of ether oxygens (including phenoxy) is 6. The fraction of sp³-hybridized carbons (Fsp3) is 0.400. The molecule has 0 saturated carbocycles. The Kier molecular flexibility index (Phi) is 10.5. The molecule has 8 heteroatoms. The van der Waals surface area contributed by atoms with Crippen molar-refractivity contribution in [2.24, 2.45) is 0 Å². The van der Waals surface area contributed by atoms with Crippen molar-refractivity contribution in [1.82, 2.24) is 0 Å². The summed E-state index contributed by atoms with van der Waals surface area (Å²) < 4.78 is 33.6. The van der Waals surface area contributed by atoms with Crippen molar-refractivity contribution in [3.05, 3.63) is 53.6 Å². The van der Waals surface area contributed by atoms with Crippen LogP contribution in [0.15, 0.2) is 42.5 Å². The molecule has 0 saturated heterocycles. The van der Waals surface area contributed by atoms with Crippen molar-refractivity contribution in [2.75, 3.05) is 71.4 Å². The Morgan fingerprint density at radius 1 is 0.697 bits per heavy atom. The smallest absolute Gasteiger partial charge is 0.255 e. The highest BCUT2D eigenvalue weighted by Gasteiger charge is 2.13. The van der Waals surface area contributed by atoms with Crippen LogP contribution in [0.5, 0.6) is 11.5 Å². The molecule has 1 aliphatic heterocycles. The number of carbonyl (C=O) groups excluding carboxylic acids is 1. The van der Waals surface area contributed by atoms with Gasteiger partial charge in [-0.1, -0.05) is 5.92 Å². The molecule has 1 N–H and O–H groups in total. The third-order valence-corrected chi connectivity index (χ3v) is 4.60. The lowest BCUT2D eigenvalue weighted by Crippen LogP contribution is -2.16. The van der Waals surface area contributed by atoms with E-state index in [0.717, 1.165) is 5.56 Å². The molecule has 176 valence electrons. The Labute approximate surface area is 194 Å². The summed E-state index contributed by atoms with van der Waals surface area (Å²) in [6, 6.07) is 12.1. The first kappa shape index (κ1) is 24.6. The predicted molar refractivity (Wildman–Crippen MR) is 123 cm³/mol. The molecule has 1 heterocycles. The number of hydrogen-bond donors (Lipinski definition) is 1. The van der Waals surface area contributed by atoms with Crippen LogP contribution in [-0.4, -0.2) is 72.0 Å². The van der Waals surface area contributed by atoms with Crippen LogP contribution in [0.25, 0.3) is 0 Å². The molecule has 0 aromatic heterocycles. The van der Waals surface area contributed by atoms with Gasteiger partial charge in [0, 0.05) is 16.8 Å². The summed E-state index contributed by atoms with van der Waals surface area (Å²) in [4.78, 5) is 12.7. The first-order chi connectivity index (χ1) is 16.3. The molecule has 1 aliphatic rings. The minimum absolute atomic E-state index is 0.272. The minimum Gasteiger partial charge on any atom is -0.487 e. The van der Waals surface area contributed by atoms with E-state index in [1.54, 1.807) is 42.5 Å². The van der Waals surface area contributed by atoms with E-state index in [-0.39, 0.29) is 5.91 Å². The molecule has 2 aromatic carbocycles. The maximum atomic E-state index is 12.7. The topological polar surface area (TPSA) is 84.5 Å². The maximum absolute atomic E-state index is 12.7. The number of nitrogens with one attached hydrogen (secondary N) is 1. The van der Waals surface area contributed by atoms with E-state index in [1.165, 1.54) is 0 Å². The van der Waals surface area contributed by atoms with Crippen molar-refractivity contribution >= 4 is 11.6 Å². The number of benzene rings is 2. The number of carbonyl (C=O) groups is 1. The van der Waals surface area contributed by atoms with Gasteiger partial charge in [-0.05, 0) is 42.5 Å². The first-order valence-electron chi connectivity index (χ1n) is 10.8. The van der Waals surface area contributed by atoms with E-state index < -0.39 is 0 Å². The molecular formula is C25H29NO7. The lowest BCUT2D eigenvalue weighted by Gasteiger charge is -2.15. The first-order valence-corrected chi connectivity index (χ1v) is 10.8. The minimum atomic E-state index is -0.272. The number of amides is 1. The number of anilines is 1. The van der Waals surface area contributed by atoms with Gasteiger partial charge in [0.25, 0.3) is 5.91 Å².